The van der Waals surface area contributed by atoms with E-state index in [0.717, 1.165) is 0 Å². The number of amides is 2. The summed E-state index contributed by atoms with van der Waals surface area (Å²) >= 11 is 5.97. The first-order valence-electron chi connectivity index (χ1n) is 6.29. The summed E-state index contributed by atoms with van der Waals surface area (Å²) in [7, 11) is 1.60. The van der Waals surface area contributed by atoms with E-state index in [9.17, 15) is 9.59 Å². The average molecular weight is 283 g/mol. The zero-order chi connectivity index (χ0) is 14.4. The summed E-state index contributed by atoms with van der Waals surface area (Å²) in [6.07, 6.45) is 0. The molecular formula is C14H19ClN2O2. The molecule has 0 aliphatic rings. The molecule has 0 heterocycles. The predicted octanol–water partition coefficient (Wildman–Crippen LogP) is 2.28. The molecule has 4 nitrogen and oxygen atoms in total. The van der Waals surface area contributed by atoms with Crippen LogP contribution < -0.4 is 0 Å². The van der Waals surface area contributed by atoms with Gasteiger partial charge in [-0.05, 0) is 26.0 Å². The van der Waals surface area contributed by atoms with Crippen LogP contribution in [0.3, 0.4) is 0 Å². The van der Waals surface area contributed by atoms with Crippen LogP contribution in [-0.2, 0) is 4.79 Å². The number of carbonyl (C=O) groups is 2. The Hall–Kier alpha value is -1.55. The van der Waals surface area contributed by atoms with Gasteiger partial charge in [-0.1, -0.05) is 23.7 Å². The molecule has 2 amide bonds. The van der Waals surface area contributed by atoms with Crippen LogP contribution in [0, 0.1) is 0 Å². The lowest BCUT2D eigenvalue weighted by Crippen LogP contribution is -2.41. The SMILES string of the molecule is CCN(CC)C(=O)CN(C)C(=O)c1ccccc1Cl. The fourth-order valence-corrected chi connectivity index (χ4v) is 2.01. The third-order valence-corrected chi connectivity index (χ3v) is 3.27. The van der Waals surface area contributed by atoms with Crippen LogP contribution in [0.4, 0.5) is 0 Å². The predicted molar refractivity (Wildman–Crippen MR) is 76.3 cm³/mol. The molecule has 0 atom stereocenters. The van der Waals surface area contributed by atoms with Crippen molar-refractivity contribution in [3.63, 3.8) is 0 Å². The van der Waals surface area contributed by atoms with Gasteiger partial charge in [0.25, 0.3) is 5.91 Å². The van der Waals surface area contributed by atoms with Gasteiger partial charge in [0.1, 0.15) is 0 Å². The minimum absolute atomic E-state index is 0.0612. The lowest BCUT2D eigenvalue weighted by Gasteiger charge is -2.23. The van der Waals surface area contributed by atoms with Crippen molar-refractivity contribution in [3.8, 4) is 0 Å². The van der Waals surface area contributed by atoms with Crippen molar-refractivity contribution in [2.24, 2.45) is 0 Å². The van der Waals surface area contributed by atoms with Gasteiger partial charge in [-0.25, -0.2) is 0 Å². The third kappa shape index (κ3) is 3.96. The maximum atomic E-state index is 12.2. The Morgan fingerprint density at radius 3 is 2.26 bits per heavy atom. The molecule has 0 bridgehead atoms. The van der Waals surface area contributed by atoms with E-state index in [1.165, 1.54) is 4.90 Å². The van der Waals surface area contributed by atoms with Gasteiger partial charge < -0.3 is 9.80 Å². The Labute approximate surface area is 118 Å². The Balaban J connectivity index is 2.74. The maximum Gasteiger partial charge on any atom is 0.255 e. The number of benzene rings is 1. The molecule has 0 N–H and O–H groups in total. The van der Waals surface area contributed by atoms with Gasteiger partial charge in [0, 0.05) is 20.1 Å². The van der Waals surface area contributed by atoms with Gasteiger partial charge in [0.15, 0.2) is 0 Å². The Morgan fingerprint density at radius 2 is 1.74 bits per heavy atom. The van der Waals surface area contributed by atoms with Gasteiger partial charge in [0.05, 0.1) is 17.1 Å². The van der Waals surface area contributed by atoms with Crippen molar-refractivity contribution in [3.05, 3.63) is 34.9 Å². The number of hydrogen-bond acceptors (Lipinski definition) is 2. The van der Waals surface area contributed by atoms with Crippen LogP contribution in [0.25, 0.3) is 0 Å². The molecule has 0 spiro atoms. The highest BCUT2D eigenvalue weighted by Crippen LogP contribution is 2.16. The Morgan fingerprint density at radius 1 is 1.16 bits per heavy atom. The minimum atomic E-state index is -0.244. The smallest absolute Gasteiger partial charge is 0.255 e. The summed E-state index contributed by atoms with van der Waals surface area (Å²) in [6, 6.07) is 6.83. The van der Waals surface area contributed by atoms with E-state index in [1.807, 2.05) is 13.8 Å². The van der Waals surface area contributed by atoms with Crippen LogP contribution in [0.15, 0.2) is 24.3 Å². The normalized spacial score (nSPS) is 10.1. The molecule has 0 aromatic heterocycles. The lowest BCUT2D eigenvalue weighted by molar-refractivity contribution is -0.131. The maximum absolute atomic E-state index is 12.2. The van der Waals surface area contributed by atoms with E-state index in [4.69, 9.17) is 11.6 Å². The topological polar surface area (TPSA) is 40.6 Å². The molecule has 0 fully saturated rings. The van der Waals surface area contributed by atoms with Crippen LogP contribution in [0.1, 0.15) is 24.2 Å². The van der Waals surface area contributed by atoms with Gasteiger partial charge >= 0.3 is 0 Å². The molecule has 0 saturated heterocycles. The van der Waals surface area contributed by atoms with Crippen molar-refractivity contribution >= 4 is 23.4 Å². The van der Waals surface area contributed by atoms with Crippen LogP contribution in [-0.4, -0.2) is 48.3 Å². The van der Waals surface area contributed by atoms with E-state index in [0.29, 0.717) is 23.7 Å². The minimum Gasteiger partial charge on any atom is -0.342 e. The molecular weight excluding hydrogens is 264 g/mol. The average Bonchev–Trinajstić information content (AvgIpc) is 2.39. The molecule has 5 heteroatoms. The highest BCUT2D eigenvalue weighted by molar-refractivity contribution is 6.33. The molecule has 0 unspecified atom stereocenters. The first-order chi connectivity index (χ1) is 9.01. The largest absolute Gasteiger partial charge is 0.342 e. The zero-order valence-corrected chi connectivity index (χ0v) is 12.3. The van der Waals surface area contributed by atoms with Crippen LogP contribution in [0.2, 0.25) is 5.02 Å². The summed E-state index contributed by atoms with van der Waals surface area (Å²) in [5.41, 5.74) is 0.416. The summed E-state index contributed by atoms with van der Waals surface area (Å²) in [4.78, 5) is 27.2. The van der Waals surface area contributed by atoms with E-state index in [2.05, 4.69) is 0 Å². The van der Waals surface area contributed by atoms with E-state index in [1.54, 1.807) is 36.2 Å². The summed E-state index contributed by atoms with van der Waals surface area (Å²) in [5, 5.41) is 0.398. The van der Waals surface area contributed by atoms with Crippen LogP contribution >= 0.6 is 11.6 Å². The van der Waals surface area contributed by atoms with Crippen molar-refractivity contribution in [1.29, 1.82) is 0 Å². The highest BCUT2D eigenvalue weighted by atomic mass is 35.5. The van der Waals surface area contributed by atoms with E-state index < -0.39 is 0 Å². The summed E-state index contributed by atoms with van der Waals surface area (Å²) in [5.74, 6) is -0.306. The second kappa shape index (κ2) is 7.14. The molecule has 0 radical (unpaired) electrons. The molecule has 104 valence electrons. The lowest BCUT2D eigenvalue weighted by atomic mass is 10.2. The fourth-order valence-electron chi connectivity index (χ4n) is 1.79. The Bertz CT molecular complexity index is 459. The summed E-state index contributed by atoms with van der Waals surface area (Å²) < 4.78 is 0. The van der Waals surface area contributed by atoms with E-state index >= 15 is 0 Å². The number of likely N-dealkylation sites (N-methyl/N-ethyl adjacent to an activating group) is 2. The quantitative estimate of drug-likeness (QED) is 0.831. The first-order valence-corrected chi connectivity index (χ1v) is 6.66. The molecule has 0 aliphatic carbocycles. The molecule has 1 rings (SSSR count). The second-order valence-corrected chi connectivity index (χ2v) is 4.61. The third-order valence-electron chi connectivity index (χ3n) is 2.94. The standard InChI is InChI=1S/C14H19ClN2O2/c1-4-17(5-2)13(18)10-16(3)14(19)11-8-6-7-9-12(11)15/h6-9H,4-5,10H2,1-3H3. The highest BCUT2D eigenvalue weighted by Gasteiger charge is 2.19. The van der Waals surface area contributed by atoms with Crippen LogP contribution in [0.5, 0.6) is 0 Å². The molecule has 0 aliphatic heterocycles. The fraction of sp³-hybridized carbons (Fsp3) is 0.429. The number of rotatable bonds is 5. The van der Waals surface area contributed by atoms with Crippen molar-refractivity contribution in [1.82, 2.24) is 9.80 Å². The Kier molecular flexibility index (Phi) is 5.83. The van der Waals surface area contributed by atoms with Gasteiger partial charge in [-0.15, -0.1) is 0 Å². The molecule has 0 saturated carbocycles. The number of hydrogen-bond donors (Lipinski definition) is 0. The van der Waals surface area contributed by atoms with Crippen molar-refractivity contribution < 1.29 is 9.59 Å². The van der Waals surface area contributed by atoms with Gasteiger partial charge in [-0.3, -0.25) is 9.59 Å². The second-order valence-electron chi connectivity index (χ2n) is 4.21. The summed E-state index contributed by atoms with van der Waals surface area (Å²) in [6.45, 7) is 5.17. The zero-order valence-electron chi connectivity index (χ0n) is 11.5. The number of halogens is 1. The van der Waals surface area contributed by atoms with Gasteiger partial charge in [-0.2, -0.15) is 0 Å². The number of nitrogens with zero attached hydrogens (tertiary/aromatic N) is 2. The molecule has 1 aromatic rings. The number of carbonyl (C=O) groups excluding carboxylic acids is 2. The van der Waals surface area contributed by atoms with Gasteiger partial charge in [0.2, 0.25) is 5.91 Å². The monoisotopic (exact) mass is 282 g/mol. The van der Waals surface area contributed by atoms with Crippen molar-refractivity contribution in [2.75, 3.05) is 26.7 Å². The van der Waals surface area contributed by atoms with Crippen molar-refractivity contribution in [2.45, 2.75) is 13.8 Å². The van der Waals surface area contributed by atoms with E-state index in [-0.39, 0.29) is 18.4 Å². The molecule has 1 aromatic carbocycles. The first kappa shape index (κ1) is 15.5. The molecule has 19 heavy (non-hydrogen) atoms.